The Labute approximate surface area is 348 Å². The van der Waals surface area contributed by atoms with Gasteiger partial charge in [-0.2, -0.15) is 18.4 Å². The van der Waals surface area contributed by atoms with E-state index < -0.39 is 34.2 Å². The first-order valence-electron chi connectivity index (χ1n) is 19.5. The van der Waals surface area contributed by atoms with Crippen LogP contribution in [-0.2, 0) is 35.5 Å². The van der Waals surface area contributed by atoms with Crippen LogP contribution in [0.2, 0.25) is 0 Å². The maximum absolute atomic E-state index is 13.7. The molecule has 0 spiro atoms. The van der Waals surface area contributed by atoms with E-state index in [-0.39, 0.29) is 78.1 Å². The fraction of sp³-hybridized carbons (Fsp3) is 0.561. The lowest BCUT2D eigenvalue weighted by molar-refractivity contribution is -0.138. The fourth-order valence-corrected chi connectivity index (χ4v) is 9.37. The van der Waals surface area contributed by atoms with Gasteiger partial charge in [0.15, 0.2) is 5.11 Å². The lowest BCUT2D eigenvalue weighted by Gasteiger charge is -2.44. The number of imide groups is 1. The van der Waals surface area contributed by atoms with Crippen molar-refractivity contribution in [1.82, 2.24) is 20.0 Å². The molecule has 6 rings (SSSR count). The Morgan fingerprint density at radius 2 is 1.66 bits per heavy atom. The molecule has 3 atom stereocenters. The van der Waals surface area contributed by atoms with E-state index in [1.165, 1.54) is 6.07 Å². The van der Waals surface area contributed by atoms with E-state index >= 15 is 0 Å². The Bertz CT molecular complexity index is 1940. The number of piperidine rings is 1. The van der Waals surface area contributed by atoms with Gasteiger partial charge in [0.05, 0.1) is 47.6 Å². The number of nitriles is 1. The maximum Gasteiger partial charge on any atom is 0.417 e. The molecule has 12 nitrogen and oxygen atoms in total. The van der Waals surface area contributed by atoms with Crippen LogP contribution in [0.4, 0.5) is 24.5 Å². The van der Waals surface area contributed by atoms with Crippen LogP contribution in [0.1, 0.15) is 89.8 Å². The largest absolute Gasteiger partial charge is 0.417 e. The third-order valence-corrected chi connectivity index (χ3v) is 12.5. The summed E-state index contributed by atoms with van der Waals surface area (Å²) < 4.78 is 47.5. The second-order valence-corrected chi connectivity index (χ2v) is 16.8. The molecule has 17 heteroatoms. The number of anilines is 2. The predicted molar refractivity (Wildman–Crippen MR) is 218 cm³/mol. The van der Waals surface area contributed by atoms with E-state index in [2.05, 4.69) is 34.3 Å². The van der Waals surface area contributed by atoms with Gasteiger partial charge in [-0.3, -0.25) is 39.2 Å². The number of alkyl halides is 3. The van der Waals surface area contributed by atoms with Crippen molar-refractivity contribution in [3.05, 3.63) is 59.2 Å². The lowest BCUT2D eigenvalue weighted by Crippen LogP contribution is -2.58. The average molecular weight is 846 g/mol. The van der Waals surface area contributed by atoms with E-state index in [0.717, 1.165) is 55.1 Å². The minimum Gasteiger partial charge on any atom is -0.377 e. The highest BCUT2D eigenvalue weighted by Gasteiger charge is 2.53. The van der Waals surface area contributed by atoms with Crippen molar-refractivity contribution < 1.29 is 37.1 Å². The number of carbonyl (C=O) groups is 4. The van der Waals surface area contributed by atoms with E-state index in [4.69, 9.17) is 17.0 Å². The monoisotopic (exact) mass is 845 g/mol. The first kappa shape index (κ1) is 45.0. The van der Waals surface area contributed by atoms with E-state index in [1.54, 1.807) is 32.0 Å². The molecule has 0 unspecified atom stereocenters. The molecule has 314 valence electrons. The van der Waals surface area contributed by atoms with Crippen molar-refractivity contribution in [3.8, 4) is 6.07 Å². The molecule has 4 amide bonds. The summed E-state index contributed by atoms with van der Waals surface area (Å²) in [7, 11) is 0. The van der Waals surface area contributed by atoms with Crippen LogP contribution in [0.15, 0.2) is 42.5 Å². The molecule has 1 saturated carbocycles. The molecule has 4 aliphatic rings. The summed E-state index contributed by atoms with van der Waals surface area (Å²) in [6.07, 6.45) is -1.12. The molecule has 4 fully saturated rings. The average Bonchev–Trinajstić information content (AvgIpc) is 3.33. The van der Waals surface area contributed by atoms with Crippen molar-refractivity contribution in [1.29, 1.82) is 5.26 Å². The van der Waals surface area contributed by atoms with Crippen LogP contribution in [0.5, 0.6) is 0 Å². The number of hydrogen-bond acceptors (Lipinski definition) is 9. The first-order valence-corrected chi connectivity index (χ1v) is 19.9. The van der Waals surface area contributed by atoms with Crippen molar-refractivity contribution in [2.75, 3.05) is 43.0 Å². The first-order chi connectivity index (χ1) is 26.8. The molecule has 0 aromatic heterocycles. The number of thiocarbonyl (C=S) groups is 1. The lowest BCUT2D eigenvalue weighted by atomic mass is 9.75. The topological polar surface area (TPSA) is 138 Å². The standard InChI is InChI=1S/C41H50F3N7O5S.ClH/c1-25-22-48(23-26(2)49(25)24-35(53)46-29-9-7-28(8-10-29)40(5)17-16-34(52)47-36(40)54)18-19-56-32-14-12-30(13-15-32)51-38(57)50(37(55)39(51,3)4)31-11-6-27(21-45)33(20-31)41(42,43)44;/h6-11,20,25-26,30,32H,12-19,22-24H2,1-5H3,(H,46,53)(H,47,52,54);1H/t25-,26+,30-,32-,40-;/m0./s1. The molecule has 2 N–H and O–H groups in total. The summed E-state index contributed by atoms with van der Waals surface area (Å²) in [4.78, 5) is 58.4. The van der Waals surface area contributed by atoms with Gasteiger partial charge in [-0.1, -0.05) is 12.1 Å². The Morgan fingerprint density at radius 3 is 2.24 bits per heavy atom. The zero-order valence-corrected chi connectivity index (χ0v) is 35.0. The second kappa shape index (κ2) is 17.6. The second-order valence-electron chi connectivity index (χ2n) is 16.5. The Hall–Kier alpha value is -4.14. The molecule has 3 heterocycles. The van der Waals surface area contributed by atoms with Gasteiger partial charge >= 0.3 is 6.18 Å². The molecule has 58 heavy (non-hydrogen) atoms. The smallest absolute Gasteiger partial charge is 0.377 e. The highest BCUT2D eigenvalue weighted by atomic mass is 35.5. The van der Waals surface area contributed by atoms with Crippen LogP contribution in [0, 0.1) is 11.3 Å². The predicted octanol–water partition coefficient (Wildman–Crippen LogP) is 5.77. The van der Waals surface area contributed by atoms with Gasteiger partial charge in [-0.25, -0.2) is 0 Å². The Balaban J connectivity index is 0.00000641. The Kier molecular flexibility index (Phi) is 13.6. The third kappa shape index (κ3) is 9.18. The van der Waals surface area contributed by atoms with Gasteiger partial charge < -0.3 is 15.0 Å². The van der Waals surface area contributed by atoms with Crippen LogP contribution < -0.4 is 15.5 Å². The summed E-state index contributed by atoms with van der Waals surface area (Å²) in [5.41, 5.74) is -2.08. The van der Waals surface area contributed by atoms with Crippen LogP contribution in [-0.4, -0.2) is 106 Å². The normalized spacial score (nSPS) is 26.9. The number of hydrogen-bond donors (Lipinski definition) is 2. The van der Waals surface area contributed by atoms with Gasteiger partial charge in [0.1, 0.15) is 5.54 Å². The summed E-state index contributed by atoms with van der Waals surface area (Å²) in [5.74, 6) is -1.11. The minimum absolute atomic E-state index is 0. The Morgan fingerprint density at radius 1 is 1.02 bits per heavy atom. The number of benzene rings is 2. The zero-order chi connectivity index (χ0) is 41.4. The third-order valence-electron chi connectivity index (χ3n) is 12.1. The van der Waals surface area contributed by atoms with Crippen LogP contribution >= 0.6 is 24.6 Å². The zero-order valence-electron chi connectivity index (χ0n) is 33.4. The molecule has 0 radical (unpaired) electrons. The van der Waals surface area contributed by atoms with Gasteiger partial charge in [0.25, 0.3) is 5.91 Å². The number of amides is 4. The molecule has 1 aliphatic carbocycles. The number of rotatable bonds is 10. The van der Waals surface area contributed by atoms with E-state index in [0.29, 0.717) is 31.6 Å². The SMILES string of the molecule is C[C@@H]1CN(CCO[C@H]2CC[C@H](N3C(=S)N(c4ccc(C#N)c(C(F)(F)F)c4)C(=O)C3(C)C)CC2)C[C@H](C)N1CC(=O)Nc1ccc([C@]2(C)CCC(=O)NC2=O)cc1.Cl. The summed E-state index contributed by atoms with van der Waals surface area (Å²) in [6.45, 7) is 12.6. The fourth-order valence-electron chi connectivity index (χ4n) is 8.80. The molecule has 2 aromatic rings. The minimum atomic E-state index is -4.76. The highest BCUT2D eigenvalue weighted by Crippen LogP contribution is 2.41. The van der Waals surface area contributed by atoms with Crippen molar-refractivity contribution >= 4 is 64.7 Å². The number of carbonyl (C=O) groups excluding carboxylic acids is 4. The number of nitrogens with one attached hydrogen (secondary N) is 2. The van der Waals surface area contributed by atoms with E-state index in [1.807, 2.05) is 24.0 Å². The number of nitrogens with zero attached hydrogens (tertiary/aromatic N) is 5. The molecule has 3 aliphatic heterocycles. The number of halogens is 4. The summed E-state index contributed by atoms with van der Waals surface area (Å²) in [6, 6.07) is 12.2. The molecule has 0 bridgehead atoms. The van der Waals surface area contributed by atoms with Gasteiger partial charge in [-0.05, 0) is 115 Å². The van der Waals surface area contributed by atoms with Gasteiger partial charge in [0, 0.05) is 49.9 Å². The maximum atomic E-state index is 13.7. The molecular formula is C41H51ClF3N7O5S. The van der Waals surface area contributed by atoms with Crippen molar-refractivity contribution in [2.24, 2.45) is 0 Å². The quantitative estimate of drug-likeness (QED) is 0.224. The molecular weight excluding hydrogens is 795 g/mol. The highest BCUT2D eigenvalue weighted by molar-refractivity contribution is 7.80. The van der Waals surface area contributed by atoms with Crippen molar-refractivity contribution in [3.63, 3.8) is 0 Å². The van der Waals surface area contributed by atoms with Gasteiger partial charge in [-0.15, -0.1) is 12.4 Å². The number of piperazine rings is 1. The molecule has 2 aromatic carbocycles. The number of ether oxygens (including phenoxy) is 1. The van der Waals surface area contributed by atoms with Crippen LogP contribution in [0.25, 0.3) is 0 Å². The van der Waals surface area contributed by atoms with Gasteiger partial charge in [0.2, 0.25) is 17.7 Å². The summed E-state index contributed by atoms with van der Waals surface area (Å²) >= 11 is 5.74. The van der Waals surface area contributed by atoms with Crippen LogP contribution in [0.3, 0.4) is 0 Å². The molecule has 3 saturated heterocycles. The van der Waals surface area contributed by atoms with Crippen molar-refractivity contribution in [2.45, 2.75) is 115 Å². The van der Waals surface area contributed by atoms with E-state index in [9.17, 15) is 37.6 Å². The summed E-state index contributed by atoms with van der Waals surface area (Å²) in [5, 5.41) is 14.8.